The highest BCUT2D eigenvalue weighted by molar-refractivity contribution is 6.35. The fraction of sp³-hybridized carbons (Fsp3) is 0.143. The Balaban J connectivity index is 2.61. The van der Waals surface area contributed by atoms with Crippen molar-refractivity contribution >= 4 is 28.9 Å². The summed E-state index contributed by atoms with van der Waals surface area (Å²) in [6.07, 6.45) is 0. The fourth-order valence-electron chi connectivity index (χ4n) is 1.78. The number of aromatic nitrogens is 1. The largest absolute Gasteiger partial charge is 0.461 e. The molecule has 4 N–H and O–H groups in total. The second kappa shape index (κ2) is 5.97. The lowest BCUT2D eigenvalue weighted by Gasteiger charge is -2.11. The molecule has 0 bridgehead atoms. The number of pyridine rings is 1. The van der Waals surface area contributed by atoms with Gasteiger partial charge in [-0.2, -0.15) is 0 Å². The molecule has 1 aromatic carbocycles. The number of benzene rings is 1. The number of rotatable bonds is 3. The third-order valence-corrected chi connectivity index (χ3v) is 3.18. The zero-order valence-corrected chi connectivity index (χ0v) is 11.9. The Morgan fingerprint density at radius 3 is 2.81 bits per heavy atom. The van der Waals surface area contributed by atoms with E-state index in [9.17, 15) is 9.18 Å². The van der Waals surface area contributed by atoms with Crippen molar-refractivity contribution in [2.45, 2.75) is 6.92 Å². The molecule has 0 amide bonds. The van der Waals surface area contributed by atoms with E-state index in [2.05, 4.69) is 4.98 Å². The molecule has 5 nitrogen and oxygen atoms in total. The maximum absolute atomic E-state index is 13.5. The molecule has 0 aliphatic heterocycles. The summed E-state index contributed by atoms with van der Waals surface area (Å²) in [7, 11) is 0. The van der Waals surface area contributed by atoms with Gasteiger partial charge in [-0.3, -0.25) is 0 Å². The molecule has 0 spiro atoms. The fourth-order valence-corrected chi connectivity index (χ4v) is 1.96. The highest BCUT2D eigenvalue weighted by atomic mass is 35.5. The minimum atomic E-state index is -0.703. The minimum Gasteiger partial charge on any atom is -0.461 e. The normalized spacial score (nSPS) is 10.4. The molecule has 0 fully saturated rings. The number of para-hydroxylation sites is 1. The summed E-state index contributed by atoms with van der Waals surface area (Å²) < 4.78 is 18.4. The van der Waals surface area contributed by atoms with Crippen LogP contribution in [0.5, 0.6) is 0 Å². The first-order chi connectivity index (χ1) is 9.95. The molecular formula is C14H13ClFN3O2. The number of nitrogens with zero attached hydrogens (tertiary/aromatic N) is 1. The first kappa shape index (κ1) is 15.1. The van der Waals surface area contributed by atoms with Gasteiger partial charge in [-0.05, 0) is 19.1 Å². The molecule has 0 atom stereocenters. The first-order valence-corrected chi connectivity index (χ1v) is 6.51. The Kier molecular flexibility index (Phi) is 4.28. The minimum absolute atomic E-state index is 0.00725. The van der Waals surface area contributed by atoms with Gasteiger partial charge in [0, 0.05) is 5.56 Å². The Morgan fingerprint density at radius 1 is 1.43 bits per heavy atom. The standard InChI is InChI=1S/C14H13ClFN3O2/c1-2-21-14(20)13-11(15)9(17)6-10(19-13)7-4-3-5-8(16)12(7)18/h3-6H,2,18H2,1H3,(H2,17,19). The van der Waals surface area contributed by atoms with Crippen molar-refractivity contribution in [3.8, 4) is 11.3 Å². The van der Waals surface area contributed by atoms with Crippen LogP contribution >= 0.6 is 11.6 Å². The van der Waals surface area contributed by atoms with Gasteiger partial charge in [0.05, 0.1) is 28.7 Å². The molecule has 0 aliphatic rings. The van der Waals surface area contributed by atoms with Crippen LogP contribution in [-0.2, 0) is 4.74 Å². The number of ether oxygens (including phenoxy) is 1. The molecule has 0 unspecified atom stereocenters. The SMILES string of the molecule is CCOC(=O)c1nc(-c2cccc(F)c2N)cc(N)c1Cl. The van der Waals surface area contributed by atoms with Gasteiger partial charge in [0.1, 0.15) is 5.82 Å². The number of nitrogen functional groups attached to an aromatic ring is 2. The Labute approximate surface area is 125 Å². The lowest BCUT2D eigenvalue weighted by molar-refractivity contribution is 0.0520. The number of hydrogen-bond donors (Lipinski definition) is 2. The maximum Gasteiger partial charge on any atom is 0.358 e. The molecule has 0 radical (unpaired) electrons. The van der Waals surface area contributed by atoms with E-state index in [1.165, 1.54) is 18.2 Å². The van der Waals surface area contributed by atoms with Gasteiger partial charge in [0.2, 0.25) is 0 Å². The smallest absolute Gasteiger partial charge is 0.358 e. The lowest BCUT2D eigenvalue weighted by atomic mass is 10.1. The van der Waals surface area contributed by atoms with Gasteiger partial charge in [0.25, 0.3) is 0 Å². The van der Waals surface area contributed by atoms with Crippen molar-refractivity contribution < 1.29 is 13.9 Å². The van der Waals surface area contributed by atoms with Crippen LogP contribution in [0.2, 0.25) is 5.02 Å². The molecule has 1 heterocycles. The van der Waals surface area contributed by atoms with Crippen molar-refractivity contribution in [3.05, 3.63) is 40.8 Å². The molecule has 110 valence electrons. The van der Waals surface area contributed by atoms with Crippen LogP contribution in [0.3, 0.4) is 0 Å². The number of carbonyl (C=O) groups is 1. The number of nitrogens with two attached hydrogens (primary N) is 2. The monoisotopic (exact) mass is 309 g/mol. The van der Waals surface area contributed by atoms with Crippen LogP contribution in [0.4, 0.5) is 15.8 Å². The highest BCUT2D eigenvalue weighted by Gasteiger charge is 2.19. The van der Waals surface area contributed by atoms with Crippen LogP contribution < -0.4 is 11.5 Å². The van der Waals surface area contributed by atoms with Gasteiger partial charge in [0.15, 0.2) is 5.69 Å². The summed E-state index contributed by atoms with van der Waals surface area (Å²) in [5, 5.41) is -0.00725. The summed E-state index contributed by atoms with van der Waals surface area (Å²) in [6, 6.07) is 5.71. The molecule has 1 aromatic heterocycles. The van der Waals surface area contributed by atoms with Crippen molar-refractivity contribution in [2.75, 3.05) is 18.1 Å². The highest BCUT2D eigenvalue weighted by Crippen LogP contribution is 2.32. The predicted octanol–water partition coefficient (Wildman–Crippen LogP) is 2.88. The van der Waals surface area contributed by atoms with Crippen LogP contribution in [-0.4, -0.2) is 17.6 Å². The second-order valence-corrected chi connectivity index (χ2v) is 4.56. The molecule has 2 rings (SSSR count). The van der Waals surface area contributed by atoms with E-state index in [0.29, 0.717) is 5.56 Å². The predicted molar refractivity (Wildman–Crippen MR) is 79.4 cm³/mol. The summed E-state index contributed by atoms with van der Waals surface area (Å²) in [5.74, 6) is -1.29. The second-order valence-electron chi connectivity index (χ2n) is 4.18. The van der Waals surface area contributed by atoms with Crippen molar-refractivity contribution in [1.29, 1.82) is 0 Å². The van der Waals surface area contributed by atoms with Gasteiger partial charge in [-0.15, -0.1) is 0 Å². The zero-order chi connectivity index (χ0) is 15.6. The van der Waals surface area contributed by atoms with Crippen LogP contribution in [0.25, 0.3) is 11.3 Å². The molecule has 0 saturated heterocycles. The first-order valence-electron chi connectivity index (χ1n) is 6.13. The maximum atomic E-state index is 13.5. The van der Waals surface area contributed by atoms with Gasteiger partial charge in [-0.25, -0.2) is 14.2 Å². The average molecular weight is 310 g/mol. The molecule has 21 heavy (non-hydrogen) atoms. The molecular weight excluding hydrogens is 297 g/mol. The van der Waals surface area contributed by atoms with E-state index in [1.807, 2.05) is 0 Å². The topological polar surface area (TPSA) is 91.2 Å². The van der Waals surface area contributed by atoms with Crippen molar-refractivity contribution in [1.82, 2.24) is 4.98 Å². The molecule has 7 heteroatoms. The van der Waals surface area contributed by atoms with E-state index >= 15 is 0 Å². The summed E-state index contributed by atoms with van der Waals surface area (Å²) >= 11 is 5.96. The average Bonchev–Trinajstić information content (AvgIpc) is 2.45. The van der Waals surface area contributed by atoms with E-state index < -0.39 is 11.8 Å². The van der Waals surface area contributed by atoms with E-state index in [-0.39, 0.29) is 34.4 Å². The molecule has 0 aliphatic carbocycles. The molecule has 0 saturated carbocycles. The van der Waals surface area contributed by atoms with Crippen LogP contribution in [0, 0.1) is 5.82 Å². The number of esters is 1. The quantitative estimate of drug-likeness (QED) is 0.672. The number of halogens is 2. The van der Waals surface area contributed by atoms with Crippen molar-refractivity contribution in [3.63, 3.8) is 0 Å². The van der Waals surface area contributed by atoms with Gasteiger partial charge >= 0.3 is 5.97 Å². The lowest BCUT2D eigenvalue weighted by Crippen LogP contribution is -2.10. The van der Waals surface area contributed by atoms with E-state index in [0.717, 1.165) is 0 Å². The van der Waals surface area contributed by atoms with Crippen LogP contribution in [0.15, 0.2) is 24.3 Å². The number of carbonyl (C=O) groups excluding carboxylic acids is 1. The van der Waals surface area contributed by atoms with Gasteiger partial charge in [-0.1, -0.05) is 23.7 Å². The summed E-state index contributed by atoms with van der Waals surface area (Å²) in [4.78, 5) is 15.9. The Bertz CT molecular complexity index is 707. The zero-order valence-electron chi connectivity index (χ0n) is 11.2. The Morgan fingerprint density at radius 2 is 2.14 bits per heavy atom. The Hall–Kier alpha value is -2.34. The van der Waals surface area contributed by atoms with Gasteiger partial charge < -0.3 is 16.2 Å². The number of anilines is 2. The third kappa shape index (κ3) is 2.90. The molecule has 2 aromatic rings. The van der Waals surface area contributed by atoms with E-state index in [1.54, 1.807) is 13.0 Å². The number of hydrogen-bond acceptors (Lipinski definition) is 5. The third-order valence-electron chi connectivity index (χ3n) is 2.78. The summed E-state index contributed by atoms with van der Waals surface area (Å²) in [5.41, 5.74) is 11.9. The van der Waals surface area contributed by atoms with Crippen LogP contribution in [0.1, 0.15) is 17.4 Å². The van der Waals surface area contributed by atoms with Crippen molar-refractivity contribution in [2.24, 2.45) is 0 Å². The van der Waals surface area contributed by atoms with E-state index in [4.69, 9.17) is 27.8 Å². The summed E-state index contributed by atoms with van der Waals surface area (Å²) in [6.45, 7) is 1.83.